The first kappa shape index (κ1) is 5.82. The van der Waals surface area contributed by atoms with Crippen LogP contribution in [0.1, 0.15) is 27.8 Å². The van der Waals surface area contributed by atoms with E-state index in [-0.39, 0.29) is 0 Å². The highest BCUT2D eigenvalue weighted by molar-refractivity contribution is 5.53. The maximum absolute atomic E-state index is 2.44. The topological polar surface area (TPSA) is 0 Å². The molecule has 11 heavy (non-hydrogen) atoms. The first-order valence-electron chi connectivity index (χ1n) is 4.49. The average Bonchev–Trinajstić information content (AvgIpc) is 2.39. The third-order valence-electron chi connectivity index (χ3n) is 3.32. The SMILES string of the molecule is Cc1c2cc3c(c1CC3)CC2. The van der Waals surface area contributed by atoms with Crippen molar-refractivity contribution >= 4 is 0 Å². The van der Waals surface area contributed by atoms with Crippen LogP contribution in [-0.2, 0) is 25.7 Å². The third-order valence-corrected chi connectivity index (χ3v) is 3.32. The van der Waals surface area contributed by atoms with Gasteiger partial charge in [0.25, 0.3) is 0 Å². The molecule has 56 valence electrons. The van der Waals surface area contributed by atoms with Gasteiger partial charge >= 0.3 is 0 Å². The van der Waals surface area contributed by atoms with E-state index in [0.717, 1.165) is 0 Å². The van der Waals surface area contributed by atoms with Crippen LogP contribution in [0.25, 0.3) is 0 Å². The molecule has 0 spiro atoms. The molecule has 3 aliphatic rings. The van der Waals surface area contributed by atoms with Crippen molar-refractivity contribution in [3.05, 3.63) is 33.9 Å². The summed E-state index contributed by atoms with van der Waals surface area (Å²) < 4.78 is 0. The third kappa shape index (κ3) is 0.563. The van der Waals surface area contributed by atoms with Gasteiger partial charge in [-0.1, -0.05) is 6.07 Å². The maximum Gasteiger partial charge on any atom is -0.0233 e. The number of rotatable bonds is 0. The standard InChI is InChI=1S/C11H12/c1-7-8-2-5-11-9(6-8)3-4-10(7)11/h6H,2-5H2,1H3. The zero-order valence-electron chi connectivity index (χ0n) is 6.91. The molecular weight excluding hydrogens is 132 g/mol. The lowest BCUT2D eigenvalue weighted by atomic mass is 9.86. The summed E-state index contributed by atoms with van der Waals surface area (Å²) in [5.41, 5.74) is 8.29. The molecule has 0 aliphatic heterocycles. The van der Waals surface area contributed by atoms with E-state index in [1.165, 1.54) is 25.7 Å². The molecule has 3 aliphatic carbocycles. The normalized spacial score (nSPS) is 17.9. The molecule has 0 radical (unpaired) electrons. The Balaban J connectivity index is 2.46. The van der Waals surface area contributed by atoms with Crippen LogP contribution in [0.3, 0.4) is 0 Å². The summed E-state index contributed by atoms with van der Waals surface area (Å²) in [6.45, 7) is 2.29. The molecule has 4 bridgehead atoms. The van der Waals surface area contributed by atoms with Gasteiger partial charge in [-0.05, 0) is 60.4 Å². The van der Waals surface area contributed by atoms with E-state index < -0.39 is 0 Å². The van der Waals surface area contributed by atoms with Crippen molar-refractivity contribution in [2.75, 3.05) is 0 Å². The molecule has 0 fully saturated rings. The summed E-state index contributed by atoms with van der Waals surface area (Å²) in [5, 5.41) is 0. The molecule has 0 atom stereocenters. The number of hydrogen-bond acceptors (Lipinski definition) is 0. The van der Waals surface area contributed by atoms with Gasteiger partial charge < -0.3 is 0 Å². The van der Waals surface area contributed by atoms with Crippen LogP contribution >= 0.6 is 0 Å². The lowest BCUT2D eigenvalue weighted by molar-refractivity contribution is 0.889. The summed E-state index contributed by atoms with van der Waals surface area (Å²) in [6, 6.07) is 2.44. The Bertz CT molecular complexity index is 334. The van der Waals surface area contributed by atoms with Crippen LogP contribution in [0.5, 0.6) is 0 Å². The summed E-state index contributed by atoms with van der Waals surface area (Å²) in [4.78, 5) is 0. The Kier molecular flexibility index (Phi) is 0.892. The Hall–Kier alpha value is -0.780. The Morgan fingerprint density at radius 1 is 0.909 bits per heavy atom. The first-order valence-corrected chi connectivity index (χ1v) is 4.49. The van der Waals surface area contributed by atoms with Crippen molar-refractivity contribution < 1.29 is 0 Å². The van der Waals surface area contributed by atoms with E-state index in [0.29, 0.717) is 0 Å². The van der Waals surface area contributed by atoms with Crippen molar-refractivity contribution in [2.45, 2.75) is 32.6 Å². The average molecular weight is 144 g/mol. The smallest absolute Gasteiger partial charge is 0.0233 e. The van der Waals surface area contributed by atoms with E-state index in [4.69, 9.17) is 0 Å². The predicted molar refractivity (Wildman–Crippen MR) is 46.0 cm³/mol. The van der Waals surface area contributed by atoms with Gasteiger partial charge in [-0.25, -0.2) is 0 Å². The summed E-state index contributed by atoms with van der Waals surface area (Å²) in [6.07, 6.45) is 5.31. The minimum atomic E-state index is 1.31. The van der Waals surface area contributed by atoms with Crippen molar-refractivity contribution in [1.82, 2.24) is 0 Å². The molecule has 0 aromatic heterocycles. The van der Waals surface area contributed by atoms with Crippen molar-refractivity contribution in [3.63, 3.8) is 0 Å². The largest absolute Gasteiger partial charge is 0.0552 e. The van der Waals surface area contributed by atoms with E-state index >= 15 is 0 Å². The molecule has 0 saturated carbocycles. The van der Waals surface area contributed by atoms with E-state index in [1.54, 1.807) is 27.8 Å². The molecule has 4 rings (SSSR count). The molecule has 0 nitrogen and oxygen atoms in total. The summed E-state index contributed by atoms with van der Waals surface area (Å²) in [7, 11) is 0. The van der Waals surface area contributed by atoms with Crippen molar-refractivity contribution in [3.8, 4) is 0 Å². The minimum Gasteiger partial charge on any atom is -0.0552 e. The summed E-state index contributed by atoms with van der Waals surface area (Å²) >= 11 is 0. The van der Waals surface area contributed by atoms with Crippen LogP contribution in [0.15, 0.2) is 6.07 Å². The highest BCUT2D eigenvalue weighted by atomic mass is 14.3. The van der Waals surface area contributed by atoms with Gasteiger partial charge in [-0.15, -0.1) is 0 Å². The van der Waals surface area contributed by atoms with E-state index in [1.807, 2.05) is 0 Å². The molecule has 0 N–H and O–H groups in total. The Labute approximate surface area is 67.2 Å². The maximum atomic E-state index is 2.44. The molecule has 0 heteroatoms. The number of fused-ring (bicyclic) bond motifs is 1. The molecular formula is C11H12. The second-order valence-corrected chi connectivity index (χ2v) is 3.78. The van der Waals surface area contributed by atoms with Gasteiger partial charge in [-0.3, -0.25) is 0 Å². The second-order valence-electron chi connectivity index (χ2n) is 3.78. The van der Waals surface area contributed by atoms with E-state index in [2.05, 4.69) is 13.0 Å². The number of hydrogen-bond donors (Lipinski definition) is 0. The molecule has 0 unspecified atom stereocenters. The zero-order valence-corrected chi connectivity index (χ0v) is 6.91. The second kappa shape index (κ2) is 1.69. The van der Waals surface area contributed by atoms with Gasteiger partial charge in [0, 0.05) is 0 Å². The number of benzene rings is 1. The number of aryl methyl sites for hydroxylation is 2. The molecule has 0 amide bonds. The molecule has 1 aromatic carbocycles. The Morgan fingerprint density at radius 3 is 2.45 bits per heavy atom. The van der Waals surface area contributed by atoms with Gasteiger partial charge in [-0.2, -0.15) is 0 Å². The van der Waals surface area contributed by atoms with Crippen LogP contribution in [0.2, 0.25) is 0 Å². The van der Waals surface area contributed by atoms with Gasteiger partial charge in [0.15, 0.2) is 0 Å². The molecule has 1 aromatic rings. The van der Waals surface area contributed by atoms with Crippen LogP contribution < -0.4 is 0 Å². The summed E-state index contributed by atoms with van der Waals surface area (Å²) in [5.74, 6) is 0. The fraction of sp³-hybridized carbons (Fsp3) is 0.455. The van der Waals surface area contributed by atoms with Gasteiger partial charge in [0.1, 0.15) is 0 Å². The monoisotopic (exact) mass is 144 g/mol. The van der Waals surface area contributed by atoms with Crippen molar-refractivity contribution in [1.29, 1.82) is 0 Å². The fourth-order valence-corrected chi connectivity index (χ4v) is 2.67. The predicted octanol–water partition coefficient (Wildman–Crippen LogP) is 2.19. The van der Waals surface area contributed by atoms with E-state index in [9.17, 15) is 0 Å². The highest BCUT2D eigenvalue weighted by Crippen LogP contribution is 2.36. The fourth-order valence-electron chi connectivity index (χ4n) is 2.67. The van der Waals surface area contributed by atoms with Crippen LogP contribution in [0.4, 0.5) is 0 Å². The Morgan fingerprint density at radius 2 is 1.64 bits per heavy atom. The minimum absolute atomic E-state index is 1.31. The zero-order chi connectivity index (χ0) is 7.42. The van der Waals surface area contributed by atoms with Crippen LogP contribution in [-0.4, -0.2) is 0 Å². The van der Waals surface area contributed by atoms with Crippen molar-refractivity contribution in [2.24, 2.45) is 0 Å². The highest BCUT2D eigenvalue weighted by Gasteiger charge is 2.24. The molecule has 0 saturated heterocycles. The van der Waals surface area contributed by atoms with Gasteiger partial charge in [0.2, 0.25) is 0 Å². The first-order chi connectivity index (χ1) is 5.36. The molecule has 0 heterocycles. The lowest BCUT2D eigenvalue weighted by Gasteiger charge is -2.19. The van der Waals surface area contributed by atoms with Crippen LogP contribution in [0, 0.1) is 6.92 Å². The quantitative estimate of drug-likeness (QED) is 0.523. The lowest BCUT2D eigenvalue weighted by Crippen LogP contribution is -2.07. The van der Waals surface area contributed by atoms with Gasteiger partial charge in [0.05, 0.1) is 0 Å².